The average molecular weight is 313 g/mol. The van der Waals surface area contributed by atoms with E-state index in [-0.39, 0.29) is 17.4 Å². The smallest absolute Gasteiger partial charge is 0.230 e. The fourth-order valence-corrected chi connectivity index (χ4v) is 4.14. The number of hydrogen-bond donors (Lipinski definition) is 0. The molecule has 1 aliphatic heterocycles. The van der Waals surface area contributed by atoms with Gasteiger partial charge in [-0.05, 0) is 24.1 Å². The molecule has 0 amide bonds. The fourth-order valence-electron chi connectivity index (χ4n) is 2.28. The summed E-state index contributed by atoms with van der Waals surface area (Å²) in [6.07, 6.45) is 1.10. The Hall–Kier alpha value is -1.40. The van der Waals surface area contributed by atoms with Crippen LogP contribution in [0.15, 0.2) is 28.8 Å². The molecule has 1 aromatic carbocycles. The second-order valence-corrected chi connectivity index (χ2v) is 7.62. The van der Waals surface area contributed by atoms with Crippen molar-refractivity contribution >= 4 is 21.4 Å². The van der Waals surface area contributed by atoms with E-state index in [0.29, 0.717) is 29.6 Å². The van der Waals surface area contributed by atoms with Crippen molar-refractivity contribution in [2.24, 2.45) is 0 Å². The Morgan fingerprint density at radius 3 is 2.70 bits per heavy atom. The van der Waals surface area contributed by atoms with Crippen molar-refractivity contribution < 1.29 is 12.9 Å². The van der Waals surface area contributed by atoms with Crippen molar-refractivity contribution in [3.63, 3.8) is 0 Å². The van der Waals surface area contributed by atoms with E-state index in [1.807, 2.05) is 12.1 Å². The van der Waals surface area contributed by atoms with Crippen LogP contribution in [0.1, 0.15) is 29.6 Å². The largest absolute Gasteiger partial charge is 0.339 e. The van der Waals surface area contributed by atoms with E-state index >= 15 is 0 Å². The SMILES string of the molecule is O=S1(=O)CC[C@H](c2nc(Cc3ccc(Cl)cc3)no2)C1. The van der Waals surface area contributed by atoms with Gasteiger partial charge in [0.05, 0.1) is 17.4 Å². The van der Waals surface area contributed by atoms with Crippen molar-refractivity contribution in [1.82, 2.24) is 10.1 Å². The molecule has 0 radical (unpaired) electrons. The standard InChI is InChI=1S/C13H13ClN2O3S/c14-11-3-1-9(2-4-11)7-12-15-13(19-16-12)10-5-6-20(17,18)8-10/h1-4,10H,5-8H2/t10-/m0/s1. The molecule has 7 heteroatoms. The van der Waals surface area contributed by atoms with Gasteiger partial charge in [-0.1, -0.05) is 28.9 Å². The predicted molar refractivity (Wildman–Crippen MR) is 74.6 cm³/mol. The first-order valence-corrected chi connectivity index (χ1v) is 8.49. The first-order valence-electron chi connectivity index (χ1n) is 6.29. The summed E-state index contributed by atoms with van der Waals surface area (Å²) in [5, 5.41) is 4.59. The van der Waals surface area contributed by atoms with Gasteiger partial charge in [0, 0.05) is 11.4 Å². The summed E-state index contributed by atoms with van der Waals surface area (Å²) in [5.74, 6) is 1.13. The third-order valence-electron chi connectivity index (χ3n) is 3.34. The Morgan fingerprint density at radius 1 is 1.30 bits per heavy atom. The van der Waals surface area contributed by atoms with Gasteiger partial charge < -0.3 is 4.52 Å². The number of nitrogens with zero attached hydrogens (tertiary/aromatic N) is 2. The van der Waals surface area contributed by atoms with Crippen LogP contribution in [0.4, 0.5) is 0 Å². The molecule has 3 rings (SSSR count). The van der Waals surface area contributed by atoms with Crippen LogP contribution in [0, 0.1) is 0 Å². The molecular formula is C13H13ClN2O3S. The summed E-state index contributed by atoms with van der Waals surface area (Å²) in [7, 11) is -2.94. The van der Waals surface area contributed by atoms with Gasteiger partial charge in [-0.15, -0.1) is 0 Å². The van der Waals surface area contributed by atoms with Crippen LogP contribution < -0.4 is 0 Å². The van der Waals surface area contributed by atoms with E-state index < -0.39 is 9.84 Å². The zero-order chi connectivity index (χ0) is 14.2. The van der Waals surface area contributed by atoms with E-state index in [0.717, 1.165) is 5.56 Å². The maximum absolute atomic E-state index is 11.4. The fraction of sp³-hybridized carbons (Fsp3) is 0.385. The number of sulfone groups is 1. The molecule has 106 valence electrons. The van der Waals surface area contributed by atoms with Crippen LogP contribution in [-0.4, -0.2) is 30.1 Å². The van der Waals surface area contributed by atoms with Crippen LogP contribution >= 0.6 is 11.6 Å². The van der Waals surface area contributed by atoms with Crippen LogP contribution in [0.3, 0.4) is 0 Å². The predicted octanol–water partition coefficient (Wildman–Crippen LogP) is 2.22. The highest BCUT2D eigenvalue weighted by Gasteiger charge is 2.32. The lowest BCUT2D eigenvalue weighted by Crippen LogP contribution is -2.04. The van der Waals surface area contributed by atoms with E-state index in [9.17, 15) is 8.42 Å². The lowest BCUT2D eigenvalue weighted by molar-refractivity contribution is 0.357. The van der Waals surface area contributed by atoms with Gasteiger partial charge in [-0.25, -0.2) is 8.42 Å². The lowest BCUT2D eigenvalue weighted by atomic mass is 10.1. The highest BCUT2D eigenvalue weighted by Crippen LogP contribution is 2.27. The molecule has 1 aliphatic rings. The van der Waals surface area contributed by atoms with Gasteiger partial charge >= 0.3 is 0 Å². The normalized spacial score (nSPS) is 21.1. The molecule has 0 spiro atoms. The van der Waals surface area contributed by atoms with Crippen molar-refractivity contribution in [2.75, 3.05) is 11.5 Å². The second kappa shape index (κ2) is 5.18. The third kappa shape index (κ3) is 3.02. The average Bonchev–Trinajstić information content (AvgIpc) is 2.99. The summed E-state index contributed by atoms with van der Waals surface area (Å²) < 4.78 is 28.1. The summed E-state index contributed by atoms with van der Waals surface area (Å²) in [4.78, 5) is 4.30. The molecule has 5 nitrogen and oxygen atoms in total. The highest BCUT2D eigenvalue weighted by atomic mass is 35.5. The van der Waals surface area contributed by atoms with Gasteiger partial charge in [0.1, 0.15) is 0 Å². The zero-order valence-corrected chi connectivity index (χ0v) is 12.2. The minimum atomic E-state index is -2.94. The maximum Gasteiger partial charge on any atom is 0.230 e. The number of rotatable bonds is 3. The molecule has 0 N–H and O–H groups in total. The topological polar surface area (TPSA) is 73.1 Å². The molecular weight excluding hydrogens is 300 g/mol. The molecule has 1 saturated heterocycles. The molecule has 0 aliphatic carbocycles. The number of benzene rings is 1. The summed E-state index contributed by atoms with van der Waals surface area (Å²) in [6, 6.07) is 7.42. The number of aromatic nitrogens is 2. The van der Waals surface area contributed by atoms with Crippen molar-refractivity contribution in [1.29, 1.82) is 0 Å². The van der Waals surface area contributed by atoms with Crippen LogP contribution in [0.5, 0.6) is 0 Å². The first kappa shape index (κ1) is 13.6. The molecule has 2 heterocycles. The molecule has 2 aromatic rings. The van der Waals surface area contributed by atoms with Gasteiger partial charge in [0.25, 0.3) is 0 Å². The molecule has 1 atom stereocenters. The van der Waals surface area contributed by atoms with Crippen molar-refractivity contribution in [3.05, 3.63) is 46.6 Å². The zero-order valence-electron chi connectivity index (χ0n) is 10.6. The summed E-state index contributed by atoms with van der Waals surface area (Å²) in [5.41, 5.74) is 1.03. The Labute approximate surface area is 121 Å². The van der Waals surface area contributed by atoms with Crippen LogP contribution in [0.2, 0.25) is 5.02 Å². The third-order valence-corrected chi connectivity index (χ3v) is 5.36. The number of hydrogen-bond acceptors (Lipinski definition) is 5. The monoisotopic (exact) mass is 312 g/mol. The van der Waals surface area contributed by atoms with E-state index in [2.05, 4.69) is 10.1 Å². The van der Waals surface area contributed by atoms with Crippen LogP contribution in [0.25, 0.3) is 0 Å². The second-order valence-electron chi connectivity index (χ2n) is 4.95. The Kier molecular flexibility index (Phi) is 3.52. The maximum atomic E-state index is 11.4. The minimum absolute atomic E-state index is 0.107. The summed E-state index contributed by atoms with van der Waals surface area (Å²) in [6.45, 7) is 0. The molecule has 0 unspecified atom stereocenters. The van der Waals surface area contributed by atoms with Crippen molar-refractivity contribution in [2.45, 2.75) is 18.8 Å². The molecule has 1 aromatic heterocycles. The van der Waals surface area contributed by atoms with E-state index in [1.165, 1.54) is 0 Å². The Morgan fingerprint density at radius 2 is 2.05 bits per heavy atom. The Balaban J connectivity index is 1.72. The molecule has 20 heavy (non-hydrogen) atoms. The van der Waals surface area contributed by atoms with Gasteiger partial charge in [0.15, 0.2) is 15.7 Å². The Bertz CT molecular complexity index is 709. The lowest BCUT2D eigenvalue weighted by Gasteiger charge is -1.98. The summed E-state index contributed by atoms with van der Waals surface area (Å²) >= 11 is 5.82. The quantitative estimate of drug-likeness (QED) is 0.869. The molecule has 0 bridgehead atoms. The van der Waals surface area contributed by atoms with Gasteiger partial charge in [0.2, 0.25) is 5.89 Å². The van der Waals surface area contributed by atoms with Crippen LogP contribution in [-0.2, 0) is 16.3 Å². The highest BCUT2D eigenvalue weighted by molar-refractivity contribution is 7.91. The van der Waals surface area contributed by atoms with E-state index in [1.54, 1.807) is 12.1 Å². The number of halogens is 1. The minimum Gasteiger partial charge on any atom is -0.339 e. The molecule has 0 saturated carbocycles. The van der Waals surface area contributed by atoms with Crippen molar-refractivity contribution in [3.8, 4) is 0 Å². The molecule has 1 fully saturated rings. The van der Waals surface area contributed by atoms with Gasteiger partial charge in [-0.3, -0.25) is 0 Å². The van der Waals surface area contributed by atoms with Gasteiger partial charge in [-0.2, -0.15) is 4.98 Å². The first-order chi connectivity index (χ1) is 9.52. The van der Waals surface area contributed by atoms with E-state index in [4.69, 9.17) is 16.1 Å².